The maximum absolute atomic E-state index is 13.0. The smallest absolute Gasteiger partial charge is 0.129 e. The van der Waals surface area contributed by atoms with Crippen LogP contribution < -0.4 is 14.8 Å². The van der Waals surface area contributed by atoms with Gasteiger partial charge >= 0.3 is 0 Å². The summed E-state index contributed by atoms with van der Waals surface area (Å²) in [5.41, 5.74) is 2.14. The summed E-state index contributed by atoms with van der Waals surface area (Å²) in [4.78, 5) is 2.54. The molecule has 0 amide bonds. The number of nitrogens with one attached hydrogen (secondary N) is 1. The summed E-state index contributed by atoms with van der Waals surface area (Å²) in [6.07, 6.45) is 5.12. The van der Waals surface area contributed by atoms with E-state index in [4.69, 9.17) is 9.47 Å². The number of likely N-dealkylation sites (tertiary alicyclic amines) is 1. The zero-order valence-electron chi connectivity index (χ0n) is 18.4. The highest BCUT2D eigenvalue weighted by Gasteiger charge is 2.09. The summed E-state index contributed by atoms with van der Waals surface area (Å²) in [5.74, 6) is 1.95. The van der Waals surface area contributed by atoms with Gasteiger partial charge in [0.05, 0.1) is 6.61 Å². The number of rotatable bonds is 10. The second-order valence-corrected chi connectivity index (χ2v) is 8.19. The molecule has 0 spiro atoms. The van der Waals surface area contributed by atoms with Crippen LogP contribution in [0.4, 0.5) is 10.1 Å². The van der Waals surface area contributed by atoms with Crippen LogP contribution in [0.25, 0.3) is 0 Å². The fourth-order valence-electron chi connectivity index (χ4n) is 3.88. The number of hydrogen-bond acceptors (Lipinski definition) is 4. The average Bonchev–Trinajstić information content (AvgIpc) is 2.84. The second kappa shape index (κ2) is 11.5. The summed E-state index contributed by atoms with van der Waals surface area (Å²) in [5, 5.41) is 3.42. The van der Waals surface area contributed by atoms with Crippen LogP contribution in [0.15, 0.2) is 72.8 Å². The van der Waals surface area contributed by atoms with E-state index in [-0.39, 0.29) is 5.82 Å². The van der Waals surface area contributed by atoms with Gasteiger partial charge in [-0.2, -0.15) is 0 Å². The number of nitrogens with zero attached hydrogens (tertiary/aromatic N) is 1. The van der Waals surface area contributed by atoms with Crippen LogP contribution in [0.1, 0.15) is 31.2 Å². The number of benzene rings is 3. The SMILES string of the molecule is Fc1ccc(Oc2cccc(NCc3ccc(OCCCN4CCCCC4)cc3)c2)cc1. The molecule has 1 aliphatic rings. The first-order chi connectivity index (χ1) is 15.7. The van der Waals surface area contributed by atoms with Gasteiger partial charge in [-0.3, -0.25) is 0 Å². The molecule has 1 aliphatic heterocycles. The fraction of sp³-hybridized carbons (Fsp3) is 0.333. The van der Waals surface area contributed by atoms with Crippen LogP contribution in [-0.4, -0.2) is 31.1 Å². The van der Waals surface area contributed by atoms with Crippen molar-refractivity contribution in [3.05, 3.63) is 84.2 Å². The van der Waals surface area contributed by atoms with Gasteiger partial charge in [0.2, 0.25) is 0 Å². The molecule has 0 atom stereocenters. The van der Waals surface area contributed by atoms with Crippen LogP contribution in [0.5, 0.6) is 17.2 Å². The molecule has 32 heavy (non-hydrogen) atoms. The largest absolute Gasteiger partial charge is 0.494 e. The van der Waals surface area contributed by atoms with Crippen LogP contribution in [0.3, 0.4) is 0 Å². The Morgan fingerprint density at radius 1 is 0.812 bits per heavy atom. The Hall–Kier alpha value is -3.05. The van der Waals surface area contributed by atoms with Gasteiger partial charge < -0.3 is 19.7 Å². The van der Waals surface area contributed by atoms with E-state index >= 15 is 0 Å². The lowest BCUT2D eigenvalue weighted by Gasteiger charge is -2.26. The van der Waals surface area contributed by atoms with Crippen LogP contribution in [0, 0.1) is 5.82 Å². The average molecular weight is 435 g/mol. The van der Waals surface area contributed by atoms with Crippen LogP contribution in [0.2, 0.25) is 0 Å². The van der Waals surface area contributed by atoms with Crippen molar-refractivity contribution in [1.82, 2.24) is 4.90 Å². The Kier molecular flexibility index (Phi) is 7.99. The summed E-state index contributed by atoms with van der Waals surface area (Å²) >= 11 is 0. The van der Waals surface area contributed by atoms with E-state index in [9.17, 15) is 4.39 Å². The minimum absolute atomic E-state index is 0.276. The van der Waals surface area contributed by atoms with E-state index in [1.807, 2.05) is 36.4 Å². The van der Waals surface area contributed by atoms with E-state index < -0.39 is 0 Å². The number of anilines is 1. The summed E-state index contributed by atoms with van der Waals surface area (Å²) < 4.78 is 24.8. The van der Waals surface area contributed by atoms with Crippen LogP contribution in [-0.2, 0) is 6.54 Å². The van der Waals surface area contributed by atoms with E-state index in [2.05, 4.69) is 22.3 Å². The highest BCUT2D eigenvalue weighted by Crippen LogP contribution is 2.25. The Labute approximate surface area is 190 Å². The molecular formula is C27H31FN2O2. The quantitative estimate of drug-likeness (QED) is 0.370. The van der Waals surface area contributed by atoms with E-state index in [0.717, 1.165) is 31.0 Å². The molecule has 3 aromatic carbocycles. The first kappa shape index (κ1) is 22.2. The number of ether oxygens (including phenoxy) is 2. The second-order valence-electron chi connectivity index (χ2n) is 8.19. The molecule has 0 bridgehead atoms. The topological polar surface area (TPSA) is 33.7 Å². The third-order valence-electron chi connectivity index (χ3n) is 5.64. The molecule has 1 heterocycles. The van der Waals surface area contributed by atoms with Crippen LogP contribution >= 0.6 is 0 Å². The molecule has 1 N–H and O–H groups in total. The van der Waals surface area contributed by atoms with Crippen molar-refractivity contribution >= 4 is 5.69 Å². The lowest BCUT2D eigenvalue weighted by atomic mass is 10.1. The molecule has 3 aromatic rings. The Morgan fingerprint density at radius 2 is 1.56 bits per heavy atom. The molecule has 1 saturated heterocycles. The Morgan fingerprint density at radius 3 is 2.34 bits per heavy atom. The minimum Gasteiger partial charge on any atom is -0.494 e. The first-order valence-electron chi connectivity index (χ1n) is 11.5. The number of hydrogen-bond donors (Lipinski definition) is 1. The fourth-order valence-corrected chi connectivity index (χ4v) is 3.88. The molecule has 0 aromatic heterocycles. The molecule has 1 fully saturated rings. The van der Waals surface area contributed by atoms with Gasteiger partial charge in [0.1, 0.15) is 23.1 Å². The van der Waals surface area contributed by atoms with Gasteiger partial charge in [-0.15, -0.1) is 0 Å². The van der Waals surface area contributed by atoms with Crippen molar-refractivity contribution in [3.63, 3.8) is 0 Å². The zero-order valence-corrected chi connectivity index (χ0v) is 18.4. The molecule has 4 rings (SSSR count). The summed E-state index contributed by atoms with van der Waals surface area (Å²) in [6.45, 7) is 5.07. The maximum Gasteiger partial charge on any atom is 0.129 e. The maximum atomic E-state index is 13.0. The highest BCUT2D eigenvalue weighted by molar-refractivity contribution is 5.49. The third kappa shape index (κ3) is 6.99. The minimum atomic E-state index is -0.276. The third-order valence-corrected chi connectivity index (χ3v) is 5.64. The predicted molar refractivity (Wildman–Crippen MR) is 127 cm³/mol. The van der Waals surface area contributed by atoms with Gasteiger partial charge in [0.25, 0.3) is 0 Å². The van der Waals surface area contributed by atoms with Gasteiger partial charge in [-0.05, 0) is 86.4 Å². The Balaban J connectivity index is 1.20. The monoisotopic (exact) mass is 434 g/mol. The van der Waals surface area contributed by atoms with Gasteiger partial charge in [0, 0.05) is 24.8 Å². The van der Waals surface area contributed by atoms with Crippen molar-refractivity contribution in [2.75, 3.05) is 31.6 Å². The molecule has 5 heteroatoms. The predicted octanol–water partition coefficient (Wildman–Crippen LogP) is 6.48. The van der Waals surface area contributed by atoms with Crippen molar-refractivity contribution in [2.24, 2.45) is 0 Å². The molecule has 4 nitrogen and oxygen atoms in total. The Bertz CT molecular complexity index is 954. The first-order valence-corrected chi connectivity index (χ1v) is 11.5. The van der Waals surface area contributed by atoms with Crippen molar-refractivity contribution in [2.45, 2.75) is 32.2 Å². The lowest BCUT2D eigenvalue weighted by Crippen LogP contribution is -2.31. The van der Waals surface area contributed by atoms with Crippen molar-refractivity contribution < 1.29 is 13.9 Å². The van der Waals surface area contributed by atoms with Gasteiger partial charge in [-0.1, -0.05) is 24.6 Å². The van der Waals surface area contributed by atoms with Gasteiger partial charge in [-0.25, -0.2) is 4.39 Å². The van der Waals surface area contributed by atoms with E-state index in [1.54, 1.807) is 12.1 Å². The zero-order chi connectivity index (χ0) is 22.0. The highest BCUT2D eigenvalue weighted by atomic mass is 19.1. The molecule has 0 radical (unpaired) electrons. The molecular weight excluding hydrogens is 403 g/mol. The molecule has 0 aliphatic carbocycles. The van der Waals surface area contributed by atoms with E-state index in [1.165, 1.54) is 50.0 Å². The number of halogens is 1. The summed E-state index contributed by atoms with van der Waals surface area (Å²) in [7, 11) is 0. The number of piperidine rings is 1. The van der Waals surface area contributed by atoms with Crippen molar-refractivity contribution in [1.29, 1.82) is 0 Å². The normalized spacial score (nSPS) is 14.2. The molecule has 0 unspecified atom stereocenters. The van der Waals surface area contributed by atoms with E-state index in [0.29, 0.717) is 18.0 Å². The van der Waals surface area contributed by atoms with Gasteiger partial charge in [0.15, 0.2) is 0 Å². The summed E-state index contributed by atoms with van der Waals surface area (Å²) in [6, 6.07) is 22.0. The molecule has 168 valence electrons. The molecule has 0 saturated carbocycles. The standard InChI is InChI=1S/C27H31FN2O2/c28-23-10-14-26(15-11-23)32-27-7-4-6-24(20-27)29-21-22-8-12-25(13-9-22)31-19-5-18-30-16-2-1-3-17-30/h4,6-15,20,29H,1-3,5,16-19,21H2. The lowest BCUT2D eigenvalue weighted by molar-refractivity contribution is 0.205. The van der Waals surface area contributed by atoms with Crippen molar-refractivity contribution in [3.8, 4) is 17.2 Å².